The maximum absolute atomic E-state index is 11.5. The fourth-order valence-corrected chi connectivity index (χ4v) is 14.4. The lowest BCUT2D eigenvalue weighted by molar-refractivity contribution is -0.114. The van der Waals surface area contributed by atoms with Gasteiger partial charge in [0.05, 0.1) is 61.0 Å². The number of benzene rings is 5. The smallest absolute Gasteiger partial charge is 0.412 e. The van der Waals surface area contributed by atoms with Crippen LogP contribution >= 0.6 is 0 Å². The number of hydrogen-bond donors (Lipinski definition) is 10. The van der Waals surface area contributed by atoms with Gasteiger partial charge in [-0.25, -0.2) is 78.0 Å². The van der Waals surface area contributed by atoms with Crippen molar-refractivity contribution in [2.75, 3.05) is 69.8 Å². The summed E-state index contributed by atoms with van der Waals surface area (Å²) in [6.07, 6.45) is 8.96. The molecule has 16 N–H and O–H groups in total. The predicted molar refractivity (Wildman–Crippen MR) is 477 cm³/mol. The van der Waals surface area contributed by atoms with Crippen LogP contribution < -0.4 is 55.7 Å². The van der Waals surface area contributed by atoms with Crippen molar-refractivity contribution in [3.63, 3.8) is 0 Å². The molecule has 0 radical (unpaired) electrons. The van der Waals surface area contributed by atoms with E-state index in [1.54, 1.807) is 17.8 Å². The van der Waals surface area contributed by atoms with Gasteiger partial charge in [-0.15, -0.1) is 0 Å². The fourth-order valence-electron chi connectivity index (χ4n) is 14.4. The van der Waals surface area contributed by atoms with E-state index < -0.39 is 6.09 Å². The van der Waals surface area contributed by atoms with Crippen molar-refractivity contribution >= 4 is 180 Å². The van der Waals surface area contributed by atoms with Gasteiger partial charge in [0.2, 0.25) is 5.91 Å². The Balaban J connectivity index is 0.000000111. The molecule has 1 fully saturated rings. The highest BCUT2D eigenvalue weighted by Gasteiger charge is 2.29. The largest absolute Gasteiger partial charge is 0.453 e. The Hall–Kier alpha value is -16.7. The van der Waals surface area contributed by atoms with E-state index >= 15 is 0 Å². The molecule has 5 aromatic carbocycles. The first-order chi connectivity index (χ1) is 60.7. The number of ether oxygens (including phenoxy) is 1. The summed E-state index contributed by atoms with van der Waals surface area (Å²) >= 11 is 0. The third-order valence-corrected chi connectivity index (χ3v) is 20.6. The lowest BCUT2D eigenvalue weighted by Gasteiger charge is -2.05. The third-order valence-electron chi connectivity index (χ3n) is 20.6. The van der Waals surface area contributed by atoms with Crippen molar-refractivity contribution in [2.45, 2.75) is 125 Å². The number of amides is 2. The van der Waals surface area contributed by atoms with Crippen molar-refractivity contribution in [3.05, 3.63) is 123 Å². The molecule has 0 spiro atoms. The molecule has 640 valence electrons. The number of rotatable bonds is 15. The zero-order valence-corrected chi connectivity index (χ0v) is 70.3. The van der Waals surface area contributed by atoms with E-state index in [0.29, 0.717) is 136 Å². The van der Waals surface area contributed by atoms with Crippen LogP contribution in [0.1, 0.15) is 119 Å². The average Bonchev–Trinajstić information content (AvgIpc) is 1.62. The minimum absolute atomic E-state index is 0.0893. The Bertz CT molecular complexity index is 7560. The average molecular weight is 1700 g/mol. The van der Waals surface area contributed by atoms with Gasteiger partial charge in [0.1, 0.15) is 89.2 Å². The zero-order valence-electron chi connectivity index (χ0n) is 70.3. The van der Waals surface area contributed by atoms with Crippen LogP contribution in [0.2, 0.25) is 0 Å². The normalized spacial score (nSPS) is 12.2. The number of hydrogen-bond acceptors (Lipinski definition) is 36. The highest BCUT2D eigenvalue weighted by atomic mass is 16.5. The number of nitrogens with zero attached hydrogens (tertiary/aromatic N) is 25. The number of anilines is 10. The lowest BCUT2D eigenvalue weighted by atomic mass is 10.1. The Morgan fingerprint density at radius 3 is 0.992 bits per heavy atom. The summed E-state index contributed by atoms with van der Waals surface area (Å²) < 4.78 is 40.5. The van der Waals surface area contributed by atoms with Crippen LogP contribution in [0.15, 0.2) is 145 Å². The van der Waals surface area contributed by atoms with Gasteiger partial charge in [0.15, 0.2) is 85.2 Å². The van der Waals surface area contributed by atoms with Gasteiger partial charge in [-0.05, 0) is 149 Å². The Morgan fingerprint density at radius 1 is 0.357 bits per heavy atom. The van der Waals surface area contributed by atoms with Gasteiger partial charge in [0.25, 0.3) is 0 Å². The number of nitrogen functional groups attached to an aromatic ring is 6. The molecule has 0 atom stereocenters. The van der Waals surface area contributed by atoms with E-state index in [9.17, 15) is 9.59 Å². The highest BCUT2D eigenvalue weighted by molar-refractivity contribution is 6.07. The molecular formula is C83H85N35O8. The van der Waals surface area contributed by atoms with Crippen LogP contribution in [0.4, 0.5) is 63.0 Å². The standard InChI is InChI=1S/C18H19N7O.C17H17N7O3.C17H17N7O2.C16H17N7O.C15H15N7O/c1-9(2)25-18-14(16(19)20-8-21-18)15(23-25)10-3-6-12-13(7-10)26-24-17(12)22-11-4-5-11;1-8(2)24-16-12(14(18)19-7-20-16)13(22-24)9-4-5-11-10(6-9)15(23-27-11)21-17(25)26-3;1-8(2)24-17-13(15(18)19-7-20-17)14(22-24)10-4-5-11-12(6-10)26-23-16(11)21-9(3)25;1-8(2)23-16-12(14(17)19-7-20-16)13(21-23)9-4-5-10-11(6-9)24-22-15(10)18-3;1-7(2)22-15-11(14(17)18-6-19-15)12(20-22)8-3-4-9-10(5-8)23-21-13(9)16/h3,6-9,11H,4-5H2,1-2H3,(H,22,24)(H2,19,20,21);4-8H,1-3H3,(H2,18,19,20)(H,21,23,25);4-8H,1-3H3,(H2,18,19,20)(H,21,23,25);4-8H,1-3H3,(H,18,22)(H2,17,19,20);3-7H,1-2H3,(H2,16,21)(H2,17,18,19). The molecule has 126 heavy (non-hydrogen) atoms. The van der Waals surface area contributed by atoms with Gasteiger partial charge >= 0.3 is 6.09 Å². The van der Waals surface area contributed by atoms with Crippen LogP contribution in [0.25, 0.3) is 166 Å². The zero-order chi connectivity index (χ0) is 88.4. The second kappa shape index (κ2) is 33.1. The number of nitrogens with one attached hydrogen (secondary N) is 4. The van der Waals surface area contributed by atoms with E-state index in [0.717, 1.165) is 88.6 Å². The molecule has 1 aliphatic rings. The summed E-state index contributed by atoms with van der Waals surface area (Å²) in [5.41, 5.74) is 50.5. The summed E-state index contributed by atoms with van der Waals surface area (Å²) in [5, 5.41) is 62.4. The minimum Gasteiger partial charge on any atom is -0.453 e. The lowest BCUT2D eigenvalue weighted by Crippen LogP contribution is -2.11. The summed E-state index contributed by atoms with van der Waals surface area (Å²) in [5.74, 6) is 4.26. The van der Waals surface area contributed by atoms with Crippen molar-refractivity contribution < 1.29 is 36.9 Å². The molecule has 43 nitrogen and oxygen atoms in total. The molecule has 0 aliphatic heterocycles. The molecular weight excluding hydrogens is 1620 g/mol. The van der Waals surface area contributed by atoms with Crippen molar-refractivity contribution in [2.24, 2.45) is 0 Å². The van der Waals surface area contributed by atoms with Crippen LogP contribution in [-0.4, -0.2) is 157 Å². The Kier molecular flexibility index (Phi) is 21.4. The first kappa shape index (κ1) is 81.7. The van der Waals surface area contributed by atoms with Gasteiger partial charge in [-0.2, -0.15) is 25.5 Å². The molecule has 43 heteroatoms. The fraction of sp³-hybridized carbons (Fsp3) is 0.253. The topological polar surface area (TPSA) is 596 Å². The number of carbonyl (C=O) groups excluding carboxylic acids is 2. The SMILES string of the molecule is CC(=O)Nc1noc2cc(-c3nn(C(C)C)c4ncnc(N)c34)ccc12.CC(C)n1nc(-c2ccc3c(N)noc3c2)c2c(N)ncnc21.CC(C)n1nc(-c2ccc3c(NC4CC4)noc3c2)c2c(N)ncnc21.CNc1noc2cc(-c3nn(C(C)C)c4ncnc(N)c34)ccc12.COC(=O)Nc1noc2ccc(-c3nn(C(C)C)c4ncnc(N)c34)cc12. The van der Waals surface area contributed by atoms with E-state index in [4.69, 9.17) is 67.2 Å². The molecule has 0 bridgehead atoms. The number of aromatic nitrogens is 25. The monoisotopic (exact) mass is 1700 g/mol. The van der Waals surface area contributed by atoms with Crippen LogP contribution in [0.3, 0.4) is 0 Å². The molecule has 2 amide bonds. The van der Waals surface area contributed by atoms with E-state index in [1.165, 1.54) is 58.5 Å². The number of methoxy groups -OCH3 is 1. The molecule has 15 heterocycles. The first-order valence-electron chi connectivity index (χ1n) is 40.0. The van der Waals surface area contributed by atoms with Crippen molar-refractivity contribution in [1.29, 1.82) is 0 Å². The van der Waals surface area contributed by atoms with Crippen LogP contribution in [-0.2, 0) is 9.53 Å². The predicted octanol–water partition coefficient (Wildman–Crippen LogP) is 14.3. The maximum atomic E-state index is 11.5. The van der Waals surface area contributed by atoms with Gasteiger partial charge in [-0.1, -0.05) is 50.0 Å². The molecule has 1 aliphatic carbocycles. The second-order valence-electron chi connectivity index (χ2n) is 30.9. The Labute approximate surface area is 712 Å². The summed E-state index contributed by atoms with van der Waals surface area (Å²) in [4.78, 5) is 65.0. The highest BCUT2D eigenvalue weighted by Crippen LogP contribution is 2.42. The molecule has 20 aromatic rings. The summed E-state index contributed by atoms with van der Waals surface area (Å²) in [6, 6.07) is 29.5. The Morgan fingerprint density at radius 2 is 0.651 bits per heavy atom. The molecule has 0 saturated heterocycles. The second-order valence-corrected chi connectivity index (χ2v) is 30.9. The van der Waals surface area contributed by atoms with Crippen LogP contribution in [0, 0.1) is 0 Å². The summed E-state index contributed by atoms with van der Waals surface area (Å²) in [6.45, 7) is 21.8. The first-order valence-corrected chi connectivity index (χ1v) is 40.0. The number of nitrogens with two attached hydrogens (primary N) is 6. The molecule has 1 saturated carbocycles. The third kappa shape index (κ3) is 15.2. The van der Waals surface area contributed by atoms with Crippen molar-refractivity contribution in [1.82, 2.24) is 125 Å². The molecule has 21 rings (SSSR count). The van der Waals surface area contributed by atoms with Crippen molar-refractivity contribution in [3.8, 4) is 56.3 Å². The summed E-state index contributed by atoms with van der Waals surface area (Å²) in [7, 11) is 3.08. The molecule has 0 unspecified atom stereocenters. The van der Waals surface area contributed by atoms with E-state index in [2.05, 4.69) is 131 Å². The minimum atomic E-state index is -0.636. The number of carbonyl (C=O) groups is 2. The molecule has 15 aromatic heterocycles. The number of fused-ring (bicyclic) bond motifs is 10. The quantitative estimate of drug-likeness (QED) is 0.0456. The van der Waals surface area contributed by atoms with Gasteiger partial charge in [-0.3, -0.25) is 10.1 Å². The van der Waals surface area contributed by atoms with E-state index in [1.807, 2.05) is 159 Å². The maximum Gasteiger partial charge on any atom is 0.412 e. The van der Waals surface area contributed by atoms with Gasteiger partial charge < -0.3 is 77.7 Å². The van der Waals surface area contributed by atoms with E-state index in [-0.39, 0.29) is 41.9 Å². The van der Waals surface area contributed by atoms with Crippen LogP contribution in [0.5, 0.6) is 0 Å². The van der Waals surface area contributed by atoms with Gasteiger partial charge in [0, 0.05) is 78.0 Å².